The molecule has 3 nitrogen and oxygen atoms in total. The van der Waals surface area contributed by atoms with Crippen molar-refractivity contribution in [2.75, 3.05) is 0 Å². The summed E-state index contributed by atoms with van der Waals surface area (Å²) in [6.07, 6.45) is 1.46. The van der Waals surface area contributed by atoms with Gasteiger partial charge in [0.25, 0.3) is 0 Å². The summed E-state index contributed by atoms with van der Waals surface area (Å²) in [6, 6.07) is 1.38. The van der Waals surface area contributed by atoms with Gasteiger partial charge in [0, 0.05) is 11.8 Å². The van der Waals surface area contributed by atoms with Crippen molar-refractivity contribution in [1.29, 1.82) is 0 Å². The van der Waals surface area contributed by atoms with Crippen LogP contribution in [0.2, 0.25) is 0 Å². The number of nitrogens with zero attached hydrogens (tertiary/aromatic N) is 1. The van der Waals surface area contributed by atoms with E-state index in [4.69, 9.17) is 9.31 Å². The summed E-state index contributed by atoms with van der Waals surface area (Å²) in [5.74, 6) is -0.266. The summed E-state index contributed by atoms with van der Waals surface area (Å²) in [7, 11) is -0.634. The van der Waals surface area contributed by atoms with Crippen molar-refractivity contribution in [3.63, 3.8) is 0 Å². The smallest absolute Gasteiger partial charge is 0.398 e. The topological polar surface area (TPSA) is 31.4 Å². The van der Waals surface area contributed by atoms with Gasteiger partial charge in [0.1, 0.15) is 5.82 Å². The van der Waals surface area contributed by atoms with E-state index in [1.54, 1.807) is 0 Å². The van der Waals surface area contributed by atoms with E-state index < -0.39 is 18.3 Å². The molecular formula is C15H23BFNO2. The van der Waals surface area contributed by atoms with E-state index in [-0.39, 0.29) is 11.2 Å². The number of hydrogen-bond donors (Lipinski definition) is 0. The van der Waals surface area contributed by atoms with Gasteiger partial charge in [0.2, 0.25) is 0 Å². The first-order valence-electron chi connectivity index (χ1n) is 6.96. The van der Waals surface area contributed by atoms with E-state index in [2.05, 4.69) is 4.98 Å². The van der Waals surface area contributed by atoms with E-state index in [0.29, 0.717) is 11.2 Å². The number of hydrogen-bond acceptors (Lipinski definition) is 3. The Balaban J connectivity index is 2.49. The Hall–Kier alpha value is -0.935. The lowest BCUT2D eigenvalue weighted by Crippen LogP contribution is -2.42. The first-order valence-corrected chi connectivity index (χ1v) is 6.96. The summed E-state index contributed by atoms with van der Waals surface area (Å²) in [6.45, 7) is 13.8. The minimum absolute atomic E-state index is 0.266. The molecule has 0 spiro atoms. The Morgan fingerprint density at radius 3 is 2.05 bits per heavy atom. The van der Waals surface area contributed by atoms with Crippen LogP contribution in [-0.4, -0.2) is 23.3 Å². The number of halogens is 1. The molecule has 2 heterocycles. The average Bonchev–Trinajstić information content (AvgIpc) is 2.46. The first kappa shape index (κ1) is 15.5. The molecule has 0 unspecified atom stereocenters. The zero-order chi connectivity index (χ0) is 15.3. The molecular weight excluding hydrogens is 256 g/mol. The summed E-state index contributed by atoms with van der Waals surface area (Å²) < 4.78 is 26.2. The zero-order valence-electron chi connectivity index (χ0n) is 13.4. The van der Waals surface area contributed by atoms with Gasteiger partial charge in [-0.25, -0.2) is 4.39 Å². The minimum Gasteiger partial charge on any atom is -0.398 e. The molecule has 0 saturated carbocycles. The van der Waals surface area contributed by atoms with E-state index in [1.807, 2.05) is 48.5 Å². The summed E-state index contributed by atoms with van der Waals surface area (Å²) in [5.41, 5.74) is -0.187. The van der Waals surface area contributed by atoms with Crippen molar-refractivity contribution >= 4 is 12.7 Å². The molecule has 1 aliphatic rings. The van der Waals surface area contributed by atoms with Gasteiger partial charge in [-0.2, -0.15) is 0 Å². The molecule has 0 aromatic carbocycles. The fraction of sp³-hybridized carbons (Fsp3) is 0.667. The number of pyridine rings is 1. The maximum atomic E-state index is 14.2. The predicted molar refractivity (Wildman–Crippen MR) is 78.6 cm³/mol. The van der Waals surface area contributed by atoms with Crippen molar-refractivity contribution in [3.8, 4) is 0 Å². The van der Waals surface area contributed by atoms with Crippen molar-refractivity contribution < 1.29 is 13.7 Å². The highest BCUT2D eigenvalue weighted by molar-refractivity contribution is 6.61. The second kappa shape index (κ2) is 4.53. The van der Waals surface area contributed by atoms with Crippen LogP contribution < -0.4 is 5.59 Å². The molecule has 0 amide bonds. The lowest BCUT2D eigenvalue weighted by molar-refractivity contribution is 0.00578. The molecule has 1 saturated heterocycles. The molecule has 1 aromatic rings. The summed E-state index contributed by atoms with van der Waals surface area (Å²) in [4.78, 5) is 4.33. The molecule has 1 aliphatic heterocycles. The van der Waals surface area contributed by atoms with Gasteiger partial charge in [0.15, 0.2) is 0 Å². The van der Waals surface area contributed by atoms with E-state index in [1.165, 1.54) is 12.3 Å². The first-order chi connectivity index (χ1) is 8.96. The second-order valence-electron chi connectivity index (χ2n) is 7.39. The van der Waals surface area contributed by atoms with Gasteiger partial charge in [-0.15, -0.1) is 0 Å². The number of rotatable bonds is 1. The Kier molecular flexibility index (Phi) is 3.50. The molecule has 0 N–H and O–H groups in total. The Bertz CT molecular complexity index is 507. The number of aromatic nitrogens is 1. The van der Waals surface area contributed by atoms with Gasteiger partial charge >= 0.3 is 7.12 Å². The third-order valence-corrected chi connectivity index (χ3v) is 4.16. The quantitative estimate of drug-likeness (QED) is 0.741. The predicted octanol–water partition coefficient (Wildman–Crippen LogP) is 2.82. The lowest BCUT2D eigenvalue weighted by atomic mass is 9.73. The maximum absolute atomic E-state index is 14.2. The van der Waals surface area contributed by atoms with Crippen LogP contribution in [0.25, 0.3) is 0 Å². The van der Waals surface area contributed by atoms with Gasteiger partial charge in [-0.3, -0.25) is 4.98 Å². The molecule has 0 bridgehead atoms. The molecule has 5 heteroatoms. The average molecular weight is 279 g/mol. The largest absolute Gasteiger partial charge is 0.514 e. The molecule has 0 aliphatic carbocycles. The van der Waals surface area contributed by atoms with Crippen LogP contribution in [0.3, 0.4) is 0 Å². The fourth-order valence-electron chi connectivity index (χ4n) is 2.33. The Morgan fingerprint density at radius 1 is 1.10 bits per heavy atom. The van der Waals surface area contributed by atoms with Crippen LogP contribution in [0.1, 0.15) is 54.0 Å². The molecule has 2 rings (SSSR count). The van der Waals surface area contributed by atoms with Crippen LogP contribution >= 0.6 is 0 Å². The minimum atomic E-state index is -0.634. The normalized spacial score (nSPS) is 21.3. The maximum Gasteiger partial charge on any atom is 0.514 e. The fourth-order valence-corrected chi connectivity index (χ4v) is 2.33. The third kappa shape index (κ3) is 2.49. The van der Waals surface area contributed by atoms with Gasteiger partial charge in [-0.05, 0) is 39.2 Å². The van der Waals surface area contributed by atoms with Gasteiger partial charge in [-0.1, -0.05) is 20.8 Å². The second-order valence-corrected chi connectivity index (χ2v) is 7.39. The van der Waals surface area contributed by atoms with E-state index in [9.17, 15) is 4.39 Å². The monoisotopic (exact) mass is 279 g/mol. The highest BCUT2D eigenvalue weighted by Gasteiger charge is 2.53. The molecule has 20 heavy (non-hydrogen) atoms. The highest BCUT2D eigenvalue weighted by atomic mass is 19.1. The highest BCUT2D eigenvalue weighted by Crippen LogP contribution is 2.37. The Morgan fingerprint density at radius 2 is 1.60 bits per heavy atom. The van der Waals surface area contributed by atoms with Crippen LogP contribution in [0, 0.1) is 5.82 Å². The lowest BCUT2D eigenvalue weighted by Gasteiger charge is -2.32. The van der Waals surface area contributed by atoms with Gasteiger partial charge < -0.3 is 9.31 Å². The van der Waals surface area contributed by atoms with Crippen molar-refractivity contribution in [1.82, 2.24) is 4.98 Å². The van der Waals surface area contributed by atoms with Crippen LogP contribution in [0.5, 0.6) is 0 Å². The van der Waals surface area contributed by atoms with Crippen molar-refractivity contribution in [2.45, 2.75) is 65.1 Å². The van der Waals surface area contributed by atoms with Gasteiger partial charge in [0.05, 0.1) is 16.8 Å². The van der Waals surface area contributed by atoms with Crippen LogP contribution in [-0.2, 0) is 14.7 Å². The SMILES string of the molecule is CC(C)(C)c1c(F)ccnc1B1OC(C)(C)C(C)(C)O1. The van der Waals surface area contributed by atoms with Crippen molar-refractivity contribution in [3.05, 3.63) is 23.6 Å². The standard InChI is InChI=1S/C15H23BFNO2/c1-13(2,3)11-10(17)8-9-18-12(11)16-19-14(4,5)15(6,7)20-16/h8-9H,1-7H3. The zero-order valence-corrected chi connectivity index (χ0v) is 13.4. The van der Waals surface area contributed by atoms with Crippen molar-refractivity contribution in [2.24, 2.45) is 0 Å². The molecule has 1 fully saturated rings. The third-order valence-electron chi connectivity index (χ3n) is 4.16. The summed E-state index contributed by atoms with van der Waals surface area (Å²) >= 11 is 0. The van der Waals surface area contributed by atoms with E-state index >= 15 is 0 Å². The molecule has 1 aromatic heterocycles. The van der Waals surface area contributed by atoms with Crippen LogP contribution in [0.4, 0.5) is 4.39 Å². The molecule has 0 atom stereocenters. The Labute approximate surface area is 121 Å². The molecule has 110 valence electrons. The summed E-state index contributed by atoms with van der Waals surface area (Å²) in [5, 5.41) is 0. The molecule has 0 radical (unpaired) electrons. The van der Waals surface area contributed by atoms with Crippen LogP contribution in [0.15, 0.2) is 12.3 Å². The van der Waals surface area contributed by atoms with E-state index in [0.717, 1.165) is 0 Å².